The number of hydrogen-bond acceptors (Lipinski definition) is 6. The number of anilines is 1. The maximum Gasteiger partial charge on any atom is 0.343 e. The van der Waals surface area contributed by atoms with E-state index in [4.69, 9.17) is 0 Å². The van der Waals surface area contributed by atoms with Crippen molar-refractivity contribution < 1.29 is 18.1 Å². The van der Waals surface area contributed by atoms with Gasteiger partial charge in [-0.1, -0.05) is 18.2 Å². The number of amides is 1. The van der Waals surface area contributed by atoms with Gasteiger partial charge in [-0.2, -0.15) is 0 Å². The van der Waals surface area contributed by atoms with Crippen molar-refractivity contribution in [3.05, 3.63) is 64.7 Å². The smallest absolute Gasteiger partial charge is 0.343 e. The summed E-state index contributed by atoms with van der Waals surface area (Å²) in [5.74, 6) is 0. The van der Waals surface area contributed by atoms with Gasteiger partial charge in [-0.3, -0.25) is 14.9 Å². The first-order valence-corrected chi connectivity index (χ1v) is 9.46. The number of sulfone groups is 1. The number of non-ortho nitro benzene ring substituents is 1. The quantitative estimate of drug-likeness (QED) is 0.603. The summed E-state index contributed by atoms with van der Waals surface area (Å²) in [5.41, 5.74) is 0.810. The van der Waals surface area contributed by atoms with E-state index in [0.717, 1.165) is 5.69 Å². The first kappa shape index (κ1) is 17.9. The van der Waals surface area contributed by atoms with Crippen molar-refractivity contribution in [2.75, 3.05) is 31.1 Å². The van der Waals surface area contributed by atoms with Gasteiger partial charge in [0.15, 0.2) is 0 Å². The molecule has 1 aliphatic rings. The van der Waals surface area contributed by atoms with Crippen LogP contribution in [0.4, 0.5) is 16.2 Å². The van der Waals surface area contributed by atoms with Gasteiger partial charge in [-0.25, -0.2) is 8.42 Å². The fourth-order valence-corrected chi connectivity index (χ4v) is 4.04. The fourth-order valence-electron chi connectivity index (χ4n) is 2.80. The molecule has 0 N–H and O–H groups in total. The molecule has 3 rings (SSSR count). The number of piperazine rings is 1. The highest BCUT2D eigenvalue weighted by molar-refractivity contribution is 8.06. The van der Waals surface area contributed by atoms with Crippen LogP contribution >= 0.6 is 0 Å². The third-order valence-electron chi connectivity index (χ3n) is 4.25. The molecule has 1 aliphatic heterocycles. The lowest BCUT2D eigenvalue weighted by atomic mass is 10.2. The lowest BCUT2D eigenvalue weighted by molar-refractivity contribution is -0.384. The van der Waals surface area contributed by atoms with Crippen LogP contribution in [0.5, 0.6) is 0 Å². The number of hydrogen-bond donors (Lipinski definition) is 0. The summed E-state index contributed by atoms with van der Waals surface area (Å²) in [7, 11) is -4.04. The van der Waals surface area contributed by atoms with E-state index in [1.807, 2.05) is 4.90 Å². The Morgan fingerprint density at radius 3 is 2.04 bits per heavy atom. The van der Waals surface area contributed by atoms with Crippen molar-refractivity contribution in [3.63, 3.8) is 0 Å². The molecular weight excluding hydrogens is 358 g/mol. The summed E-state index contributed by atoms with van der Waals surface area (Å²) >= 11 is 0. The first-order chi connectivity index (χ1) is 12.4. The highest BCUT2D eigenvalue weighted by atomic mass is 32.2. The number of carbonyl (C=O) groups excluding carboxylic acids is 1. The summed E-state index contributed by atoms with van der Waals surface area (Å²) in [4.78, 5) is 25.9. The molecule has 0 spiro atoms. The molecule has 1 fully saturated rings. The van der Waals surface area contributed by atoms with Crippen LogP contribution in [0.3, 0.4) is 0 Å². The topological polar surface area (TPSA) is 101 Å². The molecule has 9 heteroatoms. The lowest BCUT2D eigenvalue weighted by Crippen LogP contribution is -2.50. The van der Waals surface area contributed by atoms with Crippen LogP contribution in [-0.4, -0.2) is 49.7 Å². The SMILES string of the molecule is O=C(N1CCN(c2ccc([N+](=O)[O-])cc2)CC1)S(=O)(=O)c1ccccc1. The highest BCUT2D eigenvalue weighted by Gasteiger charge is 2.32. The van der Waals surface area contributed by atoms with E-state index >= 15 is 0 Å². The minimum absolute atomic E-state index is 0.0107. The molecule has 1 heterocycles. The Kier molecular flexibility index (Phi) is 4.90. The molecule has 0 aromatic heterocycles. The maximum absolute atomic E-state index is 12.4. The van der Waals surface area contributed by atoms with Crippen LogP contribution in [0, 0.1) is 10.1 Å². The Hall–Kier alpha value is -2.94. The highest BCUT2D eigenvalue weighted by Crippen LogP contribution is 2.22. The molecule has 0 saturated carbocycles. The van der Waals surface area contributed by atoms with Crippen LogP contribution in [0.25, 0.3) is 0 Å². The van der Waals surface area contributed by atoms with E-state index in [-0.39, 0.29) is 23.7 Å². The summed E-state index contributed by atoms with van der Waals surface area (Å²) < 4.78 is 24.8. The van der Waals surface area contributed by atoms with Crippen molar-refractivity contribution in [2.24, 2.45) is 0 Å². The molecule has 1 saturated heterocycles. The van der Waals surface area contributed by atoms with E-state index in [9.17, 15) is 23.3 Å². The number of carbonyl (C=O) groups is 1. The number of nitro benzene ring substituents is 1. The Bertz CT molecular complexity index is 905. The zero-order chi connectivity index (χ0) is 18.7. The maximum atomic E-state index is 12.4. The summed E-state index contributed by atoms with van der Waals surface area (Å²) in [6.45, 7) is 1.44. The van der Waals surface area contributed by atoms with Crippen LogP contribution < -0.4 is 4.90 Å². The summed E-state index contributed by atoms with van der Waals surface area (Å²) in [6.07, 6.45) is 0. The van der Waals surface area contributed by atoms with E-state index < -0.39 is 20.0 Å². The largest absolute Gasteiger partial charge is 0.368 e. The van der Waals surface area contributed by atoms with Gasteiger partial charge >= 0.3 is 5.24 Å². The van der Waals surface area contributed by atoms with Gasteiger partial charge in [0.25, 0.3) is 15.5 Å². The Morgan fingerprint density at radius 1 is 0.923 bits per heavy atom. The van der Waals surface area contributed by atoms with Crippen molar-refractivity contribution in [1.82, 2.24) is 4.90 Å². The van der Waals surface area contributed by atoms with Gasteiger partial charge in [0.05, 0.1) is 9.82 Å². The molecule has 8 nitrogen and oxygen atoms in total. The Morgan fingerprint density at radius 2 is 1.50 bits per heavy atom. The molecule has 0 atom stereocenters. The molecule has 2 aromatic carbocycles. The standard InChI is InChI=1S/C17H17N3O5S/c21-17(26(24,25)16-4-2-1-3-5-16)19-12-10-18(11-13-19)14-6-8-15(9-7-14)20(22)23/h1-9H,10-13H2. The van der Waals surface area contributed by atoms with Gasteiger partial charge in [0, 0.05) is 44.0 Å². The minimum Gasteiger partial charge on any atom is -0.368 e. The van der Waals surface area contributed by atoms with Gasteiger partial charge < -0.3 is 9.80 Å². The molecule has 26 heavy (non-hydrogen) atoms. The second-order valence-corrected chi connectivity index (χ2v) is 7.66. The van der Waals surface area contributed by atoms with Gasteiger partial charge in [-0.15, -0.1) is 0 Å². The van der Waals surface area contributed by atoms with Crippen molar-refractivity contribution in [1.29, 1.82) is 0 Å². The second kappa shape index (κ2) is 7.12. The third kappa shape index (κ3) is 3.52. The van der Waals surface area contributed by atoms with E-state index in [1.54, 1.807) is 30.3 Å². The van der Waals surface area contributed by atoms with Crippen LogP contribution in [0.2, 0.25) is 0 Å². The van der Waals surface area contributed by atoms with Crippen molar-refractivity contribution >= 4 is 26.5 Å². The molecule has 2 aromatic rings. The van der Waals surface area contributed by atoms with E-state index in [2.05, 4.69) is 0 Å². The average Bonchev–Trinajstić information content (AvgIpc) is 2.68. The predicted octanol–water partition coefficient (Wildman–Crippen LogP) is 2.31. The number of benzene rings is 2. The number of rotatable bonds is 3. The minimum atomic E-state index is -4.04. The zero-order valence-corrected chi connectivity index (χ0v) is 14.6. The average molecular weight is 375 g/mol. The summed E-state index contributed by atoms with van der Waals surface area (Å²) in [5, 5.41) is 9.81. The lowest BCUT2D eigenvalue weighted by Gasteiger charge is -2.35. The number of nitro groups is 1. The Labute approximate surface area is 150 Å². The molecule has 136 valence electrons. The van der Waals surface area contributed by atoms with E-state index in [1.165, 1.54) is 29.2 Å². The first-order valence-electron chi connectivity index (χ1n) is 7.98. The summed E-state index contributed by atoms with van der Waals surface area (Å²) in [6, 6.07) is 13.8. The molecule has 0 aliphatic carbocycles. The third-order valence-corrected chi connectivity index (χ3v) is 5.86. The second-order valence-electron chi connectivity index (χ2n) is 5.83. The van der Waals surface area contributed by atoms with Gasteiger partial charge in [-0.05, 0) is 24.3 Å². The van der Waals surface area contributed by atoms with Gasteiger partial charge in [0.1, 0.15) is 0 Å². The molecule has 0 bridgehead atoms. The monoisotopic (exact) mass is 375 g/mol. The molecule has 1 amide bonds. The predicted molar refractivity (Wildman–Crippen MR) is 95.9 cm³/mol. The zero-order valence-electron chi connectivity index (χ0n) is 13.8. The van der Waals surface area contributed by atoms with Crippen LogP contribution in [-0.2, 0) is 9.84 Å². The molecule has 0 unspecified atom stereocenters. The molecule has 0 radical (unpaired) electrons. The fraction of sp³-hybridized carbons (Fsp3) is 0.235. The van der Waals surface area contributed by atoms with Crippen molar-refractivity contribution in [2.45, 2.75) is 4.90 Å². The van der Waals surface area contributed by atoms with Crippen LogP contribution in [0.15, 0.2) is 59.5 Å². The van der Waals surface area contributed by atoms with E-state index in [0.29, 0.717) is 13.1 Å². The van der Waals surface area contributed by atoms with Crippen LogP contribution in [0.1, 0.15) is 0 Å². The van der Waals surface area contributed by atoms with Gasteiger partial charge in [0.2, 0.25) is 0 Å². The molecular formula is C17H17N3O5S. The Balaban J connectivity index is 1.66. The van der Waals surface area contributed by atoms with Crippen molar-refractivity contribution in [3.8, 4) is 0 Å². The number of nitrogens with zero attached hydrogens (tertiary/aromatic N) is 3. The normalized spacial score (nSPS) is 14.9.